The number of thiocarbonyl (C=S) groups is 1. The number of hydrogen-bond donors (Lipinski definition) is 0. The summed E-state index contributed by atoms with van der Waals surface area (Å²) in [6.45, 7) is 6.06. The van der Waals surface area contributed by atoms with Gasteiger partial charge in [0.25, 0.3) is 0 Å². The van der Waals surface area contributed by atoms with Crippen LogP contribution in [0.25, 0.3) is 0 Å². The van der Waals surface area contributed by atoms with Gasteiger partial charge >= 0.3 is 29.2 Å². The second-order valence-corrected chi connectivity index (χ2v) is 1.45. The summed E-state index contributed by atoms with van der Waals surface area (Å²) in [7, 11) is 4.58. The molecule has 0 rings (SSSR count). The first-order valence-electron chi connectivity index (χ1n) is 2.59. The Kier molecular flexibility index (Phi) is 28.9. The molecule has 1 nitrogen and oxygen atoms in total. The molecule has 10 heavy (non-hydrogen) atoms. The minimum atomic E-state index is 0. The Labute approximate surface area is 90.6 Å². The van der Waals surface area contributed by atoms with Crippen LogP contribution in [0, 0.1) is 0 Å². The van der Waals surface area contributed by atoms with Crippen molar-refractivity contribution >= 4 is 26.9 Å². The van der Waals surface area contributed by atoms with Crippen LogP contribution < -0.4 is 12.4 Å². The average molecular weight is 384 g/mol. The fourth-order valence-electron chi connectivity index (χ4n) is 0.353. The van der Waals surface area contributed by atoms with Gasteiger partial charge in [-0.1, -0.05) is 13.8 Å². The summed E-state index contributed by atoms with van der Waals surface area (Å²) in [5, 5.41) is 0. The van der Waals surface area contributed by atoms with E-state index in [0.717, 1.165) is 13.1 Å². The zero-order valence-corrected chi connectivity index (χ0v) is 10.3. The SMILES string of the molecule is CCN([C-]=S)CC.[Cl-].[Cl][Au]. The second kappa shape index (κ2) is 16.7. The summed E-state index contributed by atoms with van der Waals surface area (Å²) in [6, 6.07) is 0. The molecule has 0 unspecified atom stereocenters. The van der Waals surface area contributed by atoms with E-state index in [1.165, 1.54) is 0 Å². The van der Waals surface area contributed by atoms with Crippen LogP contribution in [0.3, 0.4) is 0 Å². The number of halogens is 2. The molecule has 0 saturated heterocycles. The molecule has 0 atom stereocenters. The summed E-state index contributed by atoms with van der Waals surface area (Å²) in [4.78, 5) is 1.94. The Morgan fingerprint density at radius 1 is 1.40 bits per heavy atom. The zero-order chi connectivity index (χ0) is 7.70. The van der Waals surface area contributed by atoms with Crippen molar-refractivity contribution < 1.29 is 32.4 Å². The van der Waals surface area contributed by atoms with Crippen LogP contribution in [0.4, 0.5) is 0 Å². The van der Waals surface area contributed by atoms with E-state index in [1.54, 1.807) is 20.0 Å². The van der Waals surface area contributed by atoms with Gasteiger partial charge in [-0.2, -0.15) is 0 Å². The summed E-state index contributed by atoms with van der Waals surface area (Å²) in [5.41, 5.74) is 2.62. The molecule has 0 aromatic rings. The van der Waals surface area contributed by atoms with E-state index in [4.69, 9.17) is 0 Å². The van der Waals surface area contributed by atoms with E-state index in [0.29, 0.717) is 0 Å². The Bertz CT molecular complexity index is 61.6. The van der Waals surface area contributed by atoms with Crippen molar-refractivity contribution in [3.63, 3.8) is 0 Å². The Morgan fingerprint density at radius 2 is 1.70 bits per heavy atom. The van der Waals surface area contributed by atoms with Crippen molar-refractivity contribution in [3.05, 3.63) is 0 Å². The normalized spacial score (nSPS) is 6.50. The monoisotopic (exact) mass is 383 g/mol. The average Bonchev–Trinajstić information content (AvgIpc) is 1.96. The molecule has 0 aliphatic heterocycles. The molecule has 0 saturated carbocycles. The molecule has 0 bridgehead atoms. The van der Waals surface area contributed by atoms with Gasteiger partial charge in [0.1, 0.15) is 0 Å². The van der Waals surface area contributed by atoms with Crippen LogP contribution in [0.15, 0.2) is 0 Å². The van der Waals surface area contributed by atoms with Crippen molar-refractivity contribution in [2.24, 2.45) is 0 Å². The molecule has 0 amide bonds. The van der Waals surface area contributed by atoms with Crippen molar-refractivity contribution in [2.75, 3.05) is 13.1 Å². The number of hydrogen-bond acceptors (Lipinski definition) is 1. The first-order chi connectivity index (χ1) is 4.35. The van der Waals surface area contributed by atoms with E-state index >= 15 is 0 Å². The molecule has 0 radical (unpaired) electrons. The van der Waals surface area contributed by atoms with Crippen LogP contribution >= 0.6 is 21.4 Å². The van der Waals surface area contributed by atoms with Gasteiger partial charge in [0.2, 0.25) is 0 Å². The summed E-state index contributed by atoms with van der Waals surface area (Å²) in [6.07, 6.45) is 0. The predicted molar refractivity (Wildman–Crippen MR) is 41.4 cm³/mol. The number of rotatable bonds is 3. The predicted octanol–water partition coefficient (Wildman–Crippen LogP) is -1.15. The fourth-order valence-corrected chi connectivity index (χ4v) is 0.611. The molecule has 0 aliphatic carbocycles. The molecule has 0 N–H and O–H groups in total. The molecule has 0 aromatic heterocycles. The van der Waals surface area contributed by atoms with E-state index in [9.17, 15) is 0 Å². The van der Waals surface area contributed by atoms with E-state index in [1.807, 2.05) is 4.90 Å². The third-order valence-corrected chi connectivity index (χ3v) is 1.15. The van der Waals surface area contributed by atoms with Crippen molar-refractivity contribution in [2.45, 2.75) is 13.8 Å². The van der Waals surface area contributed by atoms with Gasteiger partial charge in [-0.15, -0.1) is 0 Å². The molecule has 0 aromatic carbocycles. The summed E-state index contributed by atoms with van der Waals surface area (Å²) < 4.78 is 0. The van der Waals surface area contributed by atoms with Crippen molar-refractivity contribution in [1.82, 2.24) is 4.90 Å². The Balaban J connectivity index is -0.000000149. The van der Waals surface area contributed by atoms with Crippen LogP contribution in [-0.4, -0.2) is 23.5 Å². The zero-order valence-electron chi connectivity index (χ0n) is 5.83. The van der Waals surface area contributed by atoms with E-state index in [-0.39, 0.29) is 12.4 Å². The van der Waals surface area contributed by atoms with Crippen LogP contribution in [0.5, 0.6) is 0 Å². The van der Waals surface area contributed by atoms with Crippen LogP contribution in [0.1, 0.15) is 13.8 Å². The quantitative estimate of drug-likeness (QED) is 0.262. The van der Waals surface area contributed by atoms with Gasteiger partial charge in [-0.05, 0) is 13.1 Å². The third kappa shape index (κ3) is 11.9. The maximum absolute atomic E-state index is 4.58. The second-order valence-electron chi connectivity index (χ2n) is 1.26. The Hall–Kier alpha value is 1.21. The topological polar surface area (TPSA) is 3.24 Å². The van der Waals surface area contributed by atoms with Crippen molar-refractivity contribution in [1.29, 1.82) is 0 Å². The van der Waals surface area contributed by atoms with Gasteiger partial charge < -0.3 is 35.0 Å². The molecular formula is C5H10AuCl2NS-2. The van der Waals surface area contributed by atoms with Gasteiger partial charge in [-0.3, -0.25) is 0 Å². The van der Waals surface area contributed by atoms with Gasteiger partial charge in [-0.25, -0.2) is 0 Å². The van der Waals surface area contributed by atoms with Gasteiger partial charge in [0.15, 0.2) is 0 Å². The number of nitrogens with zero attached hydrogens (tertiary/aromatic N) is 1. The molecule has 0 spiro atoms. The molecule has 5 heteroatoms. The third-order valence-electron chi connectivity index (χ3n) is 0.893. The summed E-state index contributed by atoms with van der Waals surface area (Å²) in [5.74, 6) is 0. The maximum atomic E-state index is 4.58. The van der Waals surface area contributed by atoms with E-state index < -0.39 is 0 Å². The first-order valence-corrected chi connectivity index (χ1v) is 5.68. The van der Waals surface area contributed by atoms with Crippen LogP contribution in [-0.2, 0) is 20.0 Å². The molecular weight excluding hydrogens is 374 g/mol. The first kappa shape index (κ1) is 17.3. The molecule has 68 valence electrons. The van der Waals surface area contributed by atoms with Gasteiger partial charge in [0.05, 0.1) is 0 Å². The van der Waals surface area contributed by atoms with Crippen LogP contribution in [0.2, 0.25) is 0 Å². The van der Waals surface area contributed by atoms with Crippen molar-refractivity contribution in [3.8, 4) is 0 Å². The molecule has 0 heterocycles. The Morgan fingerprint density at radius 3 is 1.70 bits per heavy atom. The standard InChI is InChI=1S/C5H10NS.Au.2ClH/c1-3-6(4-2)5-7;;;/h3-4H2,1-2H3;;2*1H/q-1;+1;;/p-2. The minimum absolute atomic E-state index is 0. The van der Waals surface area contributed by atoms with Gasteiger partial charge in [0, 0.05) is 0 Å². The fraction of sp³-hybridized carbons (Fsp3) is 0.800. The summed E-state index contributed by atoms with van der Waals surface area (Å²) >= 11 is 6.30. The molecule has 0 fully saturated rings. The molecule has 0 aliphatic rings. The van der Waals surface area contributed by atoms with E-state index in [2.05, 4.69) is 40.7 Å².